The molecule has 35 heteroatoms. The summed E-state index contributed by atoms with van der Waals surface area (Å²) in [4.78, 5) is 120. The van der Waals surface area contributed by atoms with Crippen LogP contribution in [0.5, 0.6) is 0 Å². The lowest BCUT2D eigenvalue weighted by atomic mass is 10.2. The highest BCUT2D eigenvalue weighted by Crippen LogP contribution is 2.00. The number of primary amides is 1. The van der Waals surface area contributed by atoms with Crippen molar-refractivity contribution >= 4 is 47.7 Å². The van der Waals surface area contributed by atoms with E-state index in [0.29, 0.717) is 0 Å². The number of aromatic nitrogens is 12. The zero-order valence-corrected chi connectivity index (χ0v) is 39.6. The van der Waals surface area contributed by atoms with Crippen molar-refractivity contribution in [3.8, 4) is 0 Å². The molecule has 1 amide bonds. The van der Waals surface area contributed by atoms with Crippen LogP contribution in [0.3, 0.4) is 0 Å². The van der Waals surface area contributed by atoms with Gasteiger partial charge in [0.05, 0.1) is 44.4 Å². The summed E-state index contributed by atoms with van der Waals surface area (Å²) in [6.45, 7) is 0. The number of imidazole rings is 6. The molecule has 6 aromatic rings. The number of hydrogen-bond donors (Lipinski definition) is 21. The number of aliphatic carboxylic acids is 7. The molecule has 0 aliphatic heterocycles. The molecule has 0 unspecified atom stereocenters. The van der Waals surface area contributed by atoms with Crippen molar-refractivity contribution in [1.82, 2.24) is 59.8 Å². The fraction of sp³-hybridized carbons (Fsp3) is 0.350. The van der Waals surface area contributed by atoms with E-state index in [1.54, 1.807) is 37.2 Å². The highest BCUT2D eigenvalue weighted by molar-refractivity contribution is 5.83. The second-order valence-electron chi connectivity index (χ2n) is 15.0. The predicted molar refractivity (Wildman–Crippen MR) is 257 cm³/mol. The van der Waals surface area contributed by atoms with Crippen LogP contribution in [0.1, 0.15) is 40.6 Å². The molecule has 412 valence electrons. The van der Waals surface area contributed by atoms with Crippen LogP contribution in [-0.2, 0) is 76.9 Å². The van der Waals surface area contributed by atoms with Crippen LogP contribution in [-0.4, -0.2) is 186 Å². The Morgan fingerprint density at radius 3 is 0.547 bits per heavy atom. The highest BCUT2D eigenvalue weighted by atomic mass is 16.4. The van der Waals surface area contributed by atoms with Crippen molar-refractivity contribution in [2.24, 2.45) is 45.9 Å². The molecule has 0 radical (unpaired) electrons. The number of nitrogens with one attached hydrogen (secondary N) is 6. The number of carboxylic acids is 7. The lowest BCUT2D eigenvalue weighted by Crippen LogP contribution is -2.34. The summed E-state index contributed by atoms with van der Waals surface area (Å²) in [5.41, 5.74) is 45.5. The lowest BCUT2D eigenvalue weighted by Gasteiger charge is -2.02. The number of carboxylic acid groups (broad SMARTS) is 7. The maximum absolute atomic E-state index is 10.3. The molecule has 7 atom stereocenters. The number of carbonyl (C=O) groups excluding carboxylic acids is 1. The minimum atomic E-state index is -1.21. The average molecular weight is 1060 g/mol. The standard InChI is InChI=1S/6C6H9N3O2.C4H8N2O3/c6*7-5(6(10)11)1-4-2-8-3-9-4;5-2(4(8)9)1-3(6)7/h6*2-3,5H,1,7H2,(H,8,9)(H,10,11);2H,1,5H2,(H2,6,7)(H,8,9)/t6*5-;2-/m0000000/s1. The first kappa shape index (κ1) is 65.7. The average Bonchev–Trinajstić information content (AvgIpc) is 4.20. The second kappa shape index (κ2) is 36.6. The Kier molecular flexibility index (Phi) is 32.1. The Labute approximate surface area is 423 Å². The maximum atomic E-state index is 10.3. The number of nitrogens with two attached hydrogens (primary N) is 8. The summed E-state index contributed by atoms with van der Waals surface area (Å²) < 4.78 is 0. The van der Waals surface area contributed by atoms with Crippen LogP contribution in [0, 0.1) is 0 Å². The number of amides is 1. The van der Waals surface area contributed by atoms with Gasteiger partial charge in [0.1, 0.15) is 42.3 Å². The number of carbonyl (C=O) groups is 8. The van der Waals surface area contributed by atoms with Crippen LogP contribution < -0.4 is 45.9 Å². The monoisotopic (exact) mass is 1060 g/mol. The van der Waals surface area contributed by atoms with E-state index in [9.17, 15) is 38.4 Å². The zero-order valence-electron chi connectivity index (χ0n) is 39.6. The summed E-state index contributed by atoms with van der Waals surface area (Å²) in [7, 11) is 0. The SMILES string of the molecule is NC(=O)C[C@H](N)C(=O)O.N[C@@H](Cc1cnc[nH]1)C(=O)O.N[C@@H](Cc1cnc[nH]1)C(=O)O.N[C@@H](Cc1cnc[nH]1)C(=O)O.N[C@@H](Cc1cnc[nH]1)C(=O)O.N[C@@H](Cc1cnc[nH]1)C(=O)O.N[C@@H](Cc1cnc[nH]1)C(=O)O. The van der Waals surface area contributed by atoms with E-state index in [0.717, 1.165) is 34.2 Å². The van der Waals surface area contributed by atoms with Crippen LogP contribution >= 0.6 is 0 Å². The van der Waals surface area contributed by atoms with Crippen molar-refractivity contribution in [2.45, 2.75) is 87.2 Å². The van der Waals surface area contributed by atoms with Gasteiger partial charge in [-0.25, -0.2) is 29.9 Å². The number of nitrogens with zero attached hydrogens (tertiary/aromatic N) is 6. The first-order valence-corrected chi connectivity index (χ1v) is 21.2. The Balaban J connectivity index is 0.000000853. The van der Waals surface area contributed by atoms with Gasteiger partial charge in [-0.1, -0.05) is 0 Å². The van der Waals surface area contributed by atoms with Crippen molar-refractivity contribution in [2.75, 3.05) is 0 Å². The summed E-state index contributed by atoms with van der Waals surface area (Å²) in [5, 5.41) is 58.6. The molecule has 6 rings (SSSR count). The number of aromatic amines is 6. The minimum absolute atomic E-state index is 0.287. The van der Waals surface area contributed by atoms with E-state index in [-0.39, 0.29) is 44.9 Å². The topological polar surface area (TPSA) is 658 Å². The van der Waals surface area contributed by atoms with Crippen LogP contribution in [0.15, 0.2) is 75.1 Å². The molecule has 0 aliphatic rings. The minimum Gasteiger partial charge on any atom is -0.480 e. The molecule has 0 bridgehead atoms. The van der Waals surface area contributed by atoms with E-state index in [4.69, 9.17) is 75.9 Å². The van der Waals surface area contributed by atoms with Crippen LogP contribution in [0.4, 0.5) is 0 Å². The van der Waals surface area contributed by atoms with Crippen molar-refractivity contribution in [3.63, 3.8) is 0 Å². The highest BCUT2D eigenvalue weighted by Gasteiger charge is 2.16. The Morgan fingerprint density at radius 2 is 0.467 bits per heavy atom. The van der Waals surface area contributed by atoms with Gasteiger partial charge in [0.25, 0.3) is 0 Å². The maximum Gasteiger partial charge on any atom is 0.321 e. The van der Waals surface area contributed by atoms with Gasteiger partial charge >= 0.3 is 41.8 Å². The normalized spacial score (nSPS) is 12.8. The van der Waals surface area contributed by atoms with Crippen LogP contribution in [0.25, 0.3) is 0 Å². The number of H-pyrrole nitrogens is 6. The smallest absolute Gasteiger partial charge is 0.321 e. The van der Waals surface area contributed by atoms with Gasteiger partial charge in [-0.2, -0.15) is 0 Å². The summed E-state index contributed by atoms with van der Waals surface area (Å²) in [6.07, 6.45) is 19.7. The molecule has 0 saturated carbocycles. The van der Waals surface area contributed by atoms with Crippen molar-refractivity contribution in [1.29, 1.82) is 0 Å². The molecule has 35 nitrogen and oxygen atoms in total. The zero-order chi connectivity index (χ0) is 57.0. The molecule has 75 heavy (non-hydrogen) atoms. The molecule has 0 spiro atoms. The first-order valence-electron chi connectivity index (χ1n) is 21.2. The molecule has 0 fully saturated rings. The lowest BCUT2D eigenvalue weighted by molar-refractivity contribution is -0.140. The van der Waals surface area contributed by atoms with E-state index in [2.05, 4.69) is 65.5 Å². The Bertz CT molecular complexity index is 2090. The molecule has 0 aromatic carbocycles. The van der Waals surface area contributed by atoms with Gasteiger partial charge in [0.2, 0.25) is 5.91 Å². The van der Waals surface area contributed by atoms with Crippen molar-refractivity contribution < 1.29 is 74.1 Å². The summed E-state index contributed by atoms with van der Waals surface area (Å²) >= 11 is 0. The van der Waals surface area contributed by atoms with Crippen molar-refractivity contribution in [3.05, 3.63) is 109 Å². The Hall–Kier alpha value is -9.26. The largest absolute Gasteiger partial charge is 0.480 e. The third-order valence-corrected chi connectivity index (χ3v) is 8.61. The van der Waals surface area contributed by atoms with Gasteiger partial charge in [0, 0.05) is 110 Å². The Morgan fingerprint density at radius 1 is 0.320 bits per heavy atom. The molecule has 0 aliphatic carbocycles. The van der Waals surface area contributed by atoms with Gasteiger partial charge in [-0.15, -0.1) is 0 Å². The molecule has 29 N–H and O–H groups in total. The molecule has 6 aromatic heterocycles. The molecular formula is C40H62N20O15. The quantitative estimate of drug-likeness (QED) is 0.0320. The molecule has 6 heterocycles. The van der Waals surface area contributed by atoms with Gasteiger partial charge in [0.15, 0.2) is 0 Å². The third-order valence-electron chi connectivity index (χ3n) is 8.61. The second-order valence-corrected chi connectivity index (χ2v) is 15.0. The van der Waals surface area contributed by atoms with E-state index < -0.39 is 90.0 Å². The van der Waals surface area contributed by atoms with Crippen LogP contribution in [0.2, 0.25) is 0 Å². The predicted octanol–water partition coefficient (Wildman–Crippen LogP) is -5.54. The van der Waals surface area contributed by atoms with E-state index in [1.807, 2.05) is 0 Å². The number of hydrogen-bond acceptors (Lipinski definition) is 21. The molecule has 0 saturated heterocycles. The molecular weight excluding hydrogens is 1000 g/mol. The van der Waals surface area contributed by atoms with Gasteiger partial charge in [-0.05, 0) is 0 Å². The summed E-state index contributed by atoms with van der Waals surface area (Å²) in [5.74, 6) is -7.92. The fourth-order valence-electron chi connectivity index (χ4n) is 4.63. The van der Waals surface area contributed by atoms with E-state index in [1.165, 1.54) is 38.0 Å². The fourth-order valence-corrected chi connectivity index (χ4v) is 4.63. The summed E-state index contributed by atoms with van der Waals surface area (Å²) in [6, 6.07) is -6.27. The van der Waals surface area contributed by atoms with Gasteiger partial charge in [-0.3, -0.25) is 38.4 Å². The van der Waals surface area contributed by atoms with Gasteiger partial charge < -0.3 is 112 Å². The third kappa shape index (κ3) is 32.4. The first-order chi connectivity index (χ1) is 35.2. The van der Waals surface area contributed by atoms with E-state index >= 15 is 0 Å². The number of rotatable bonds is 21.